The van der Waals surface area contributed by atoms with Crippen LogP contribution in [0.5, 0.6) is 0 Å². The van der Waals surface area contributed by atoms with Gasteiger partial charge in [0.1, 0.15) is 5.78 Å². The number of carbonyl (C=O) groups is 2. The lowest BCUT2D eigenvalue weighted by molar-refractivity contribution is -0.123. The minimum absolute atomic E-state index is 0.213. The molecule has 1 aromatic heterocycles. The minimum Gasteiger partial charge on any atom is -0.350 e. The van der Waals surface area contributed by atoms with Crippen molar-refractivity contribution in [3.8, 4) is 6.07 Å². The smallest absolute Gasteiger partial charge is 0.255 e. The molecule has 1 heterocycles. The molecule has 5 heteroatoms. The molecule has 4 rings (SSSR count). The van der Waals surface area contributed by atoms with Gasteiger partial charge in [-0.2, -0.15) is 5.26 Å². The average molecular weight is 526 g/mol. The zero-order chi connectivity index (χ0) is 27.9. The molecule has 2 unspecified atom stereocenters. The summed E-state index contributed by atoms with van der Waals surface area (Å²) in [6.07, 6.45) is 13.0. The Hall–Kier alpha value is -3.39. The Morgan fingerprint density at radius 1 is 1.10 bits per heavy atom. The molecule has 0 radical (unpaired) electrons. The Morgan fingerprint density at radius 3 is 2.56 bits per heavy atom. The van der Waals surface area contributed by atoms with Gasteiger partial charge < -0.3 is 9.88 Å². The van der Waals surface area contributed by atoms with Gasteiger partial charge in [0.15, 0.2) is 0 Å². The van der Waals surface area contributed by atoms with Gasteiger partial charge in [-0.1, -0.05) is 45.6 Å². The molecule has 1 amide bonds. The monoisotopic (exact) mass is 525 g/mol. The molecule has 206 valence electrons. The van der Waals surface area contributed by atoms with Crippen LogP contribution in [0.1, 0.15) is 111 Å². The fourth-order valence-electron chi connectivity index (χ4n) is 6.46. The standard InChI is InChI=1S/C34H43N3O2/c1-5-10-26(16-15-24(6-2)20-32(38)27-12-7-8-13-27)29-22-37(4)31-18-17-30(23(3)33(29)31)36-34(39)28-14-9-11-25(19-28)21-35/h9,11,14,17-19,22,24,26-27H,5-8,10,12-13,15-16,20H2,1-4H3,(H,36,39). The molecular formula is C34H43N3O2. The molecule has 0 aliphatic heterocycles. The van der Waals surface area contributed by atoms with E-state index in [1.165, 1.54) is 23.8 Å². The van der Waals surface area contributed by atoms with Crippen LogP contribution in [0.15, 0.2) is 42.6 Å². The third-order valence-corrected chi connectivity index (χ3v) is 8.82. The molecule has 1 aliphatic carbocycles. The maximum Gasteiger partial charge on any atom is 0.255 e. The Kier molecular flexibility index (Phi) is 9.62. The van der Waals surface area contributed by atoms with Crippen molar-refractivity contribution in [3.63, 3.8) is 0 Å². The largest absolute Gasteiger partial charge is 0.350 e. The summed E-state index contributed by atoms with van der Waals surface area (Å²) in [4.78, 5) is 25.9. The number of anilines is 1. The van der Waals surface area contributed by atoms with E-state index in [4.69, 9.17) is 0 Å². The molecule has 1 fully saturated rings. The second-order valence-electron chi connectivity index (χ2n) is 11.5. The molecule has 3 aromatic rings. The third kappa shape index (κ3) is 6.61. The maximum absolute atomic E-state index is 13.0. The third-order valence-electron chi connectivity index (χ3n) is 8.82. The summed E-state index contributed by atoms with van der Waals surface area (Å²) in [7, 11) is 2.09. The van der Waals surface area contributed by atoms with Crippen LogP contribution in [-0.4, -0.2) is 16.3 Å². The first kappa shape index (κ1) is 28.6. The number of nitrogens with zero attached hydrogens (tertiary/aromatic N) is 2. The normalized spacial score (nSPS) is 15.3. The first-order chi connectivity index (χ1) is 18.9. The summed E-state index contributed by atoms with van der Waals surface area (Å²) >= 11 is 0. The van der Waals surface area contributed by atoms with Crippen molar-refractivity contribution in [1.82, 2.24) is 4.57 Å². The zero-order valence-electron chi connectivity index (χ0n) is 24.1. The second kappa shape index (κ2) is 13.1. The SMILES string of the molecule is CCCC(CCC(CC)CC(=O)C1CCCC1)c1cn(C)c2ccc(NC(=O)c3cccc(C#N)c3)c(C)c12. The van der Waals surface area contributed by atoms with Crippen molar-refractivity contribution in [2.75, 3.05) is 5.32 Å². The van der Waals surface area contributed by atoms with E-state index in [0.29, 0.717) is 34.7 Å². The van der Waals surface area contributed by atoms with E-state index < -0.39 is 0 Å². The molecule has 2 atom stereocenters. The van der Waals surface area contributed by atoms with E-state index >= 15 is 0 Å². The van der Waals surface area contributed by atoms with E-state index in [1.54, 1.807) is 24.3 Å². The summed E-state index contributed by atoms with van der Waals surface area (Å²) in [6.45, 7) is 6.56. The van der Waals surface area contributed by atoms with Crippen LogP contribution in [0.3, 0.4) is 0 Å². The fraction of sp³-hybridized carbons (Fsp3) is 0.500. The van der Waals surface area contributed by atoms with Crippen molar-refractivity contribution in [1.29, 1.82) is 5.26 Å². The lowest BCUT2D eigenvalue weighted by atomic mass is 9.83. The summed E-state index contributed by atoms with van der Waals surface area (Å²) in [6, 6.07) is 13.0. The number of aromatic nitrogens is 1. The number of nitriles is 1. The molecule has 0 spiro atoms. The van der Waals surface area contributed by atoms with Crippen LogP contribution in [0, 0.1) is 30.1 Å². The number of benzene rings is 2. The van der Waals surface area contributed by atoms with Gasteiger partial charge >= 0.3 is 0 Å². The number of aryl methyl sites for hydroxylation is 2. The Morgan fingerprint density at radius 2 is 1.87 bits per heavy atom. The first-order valence-electron chi connectivity index (χ1n) is 14.8. The highest BCUT2D eigenvalue weighted by Crippen LogP contribution is 2.39. The van der Waals surface area contributed by atoms with Crippen molar-refractivity contribution < 1.29 is 9.59 Å². The number of fused-ring (bicyclic) bond motifs is 1. The summed E-state index contributed by atoms with van der Waals surface area (Å²) < 4.78 is 2.20. The van der Waals surface area contributed by atoms with Gasteiger partial charge in [-0.3, -0.25) is 9.59 Å². The van der Waals surface area contributed by atoms with Crippen molar-refractivity contribution in [2.45, 2.75) is 90.9 Å². The molecule has 5 nitrogen and oxygen atoms in total. The molecule has 39 heavy (non-hydrogen) atoms. The van der Waals surface area contributed by atoms with Crippen LogP contribution in [0.25, 0.3) is 10.9 Å². The lowest BCUT2D eigenvalue weighted by Gasteiger charge is -2.22. The molecule has 1 aliphatic rings. The van der Waals surface area contributed by atoms with Crippen LogP contribution in [0.2, 0.25) is 0 Å². The topological polar surface area (TPSA) is 74.9 Å². The number of rotatable bonds is 12. The summed E-state index contributed by atoms with van der Waals surface area (Å²) in [5, 5.41) is 13.5. The highest BCUT2D eigenvalue weighted by molar-refractivity contribution is 6.06. The number of Topliss-reactive ketones (excluding diaryl/α,β-unsaturated/α-hetero) is 1. The van der Waals surface area contributed by atoms with Gasteiger partial charge in [-0.05, 0) is 92.3 Å². The Bertz CT molecular complexity index is 1360. The van der Waals surface area contributed by atoms with Gasteiger partial charge in [-0.15, -0.1) is 0 Å². The number of amides is 1. The predicted molar refractivity (Wildman–Crippen MR) is 159 cm³/mol. The van der Waals surface area contributed by atoms with Gasteiger partial charge in [0, 0.05) is 47.7 Å². The van der Waals surface area contributed by atoms with E-state index in [2.05, 4.69) is 56.0 Å². The quantitative estimate of drug-likeness (QED) is 0.258. The molecule has 2 aromatic carbocycles. The highest BCUT2D eigenvalue weighted by Gasteiger charge is 2.26. The van der Waals surface area contributed by atoms with Gasteiger partial charge in [-0.25, -0.2) is 0 Å². The van der Waals surface area contributed by atoms with Crippen molar-refractivity contribution in [2.24, 2.45) is 18.9 Å². The highest BCUT2D eigenvalue weighted by atomic mass is 16.1. The van der Waals surface area contributed by atoms with E-state index in [1.807, 2.05) is 6.07 Å². The zero-order valence-corrected chi connectivity index (χ0v) is 24.1. The van der Waals surface area contributed by atoms with Crippen LogP contribution in [0.4, 0.5) is 5.69 Å². The van der Waals surface area contributed by atoms with Crippen molar-refractivity contribution >= 4 is 28.3 Å². The van der Waals surface area contributed by atoms with Gasteiger partial charge in [0.2, 0.25) is 0 Å². The first-order valence-corrected chi connectivity index (χ1v) is 14.8. The Labute approximate surface area is 233 Å². The van der Waals surface area contributed by atoms with Crippen LogP contribution < -0.4 is 5.32 Å². The Balaban J connectivity index is 1.56. The van der Waals surface area contributed by atoms with Gasteiger partial charge in [0.05, 0.1) is 11.6 Å². The summed E-state index contributed by atoms with van der Waals surface area (Å²) in [5.41, 5.74) is 5.31. The second-order valence-corrected chi connectivity index (χ2v) is 11.5. The average Bonchev–Trinajstić information content (AvgIpc) is 3.60. The van der Waals surface area contributed by atoms with E-state index in [0.717, 1.165) is 68.1 Å². The predicted octanol–water partition coefficient (Wildman–Crippen LogP) is 8.45. The van der Waals surface area contributed by atoms with Gasteiger partial charge in [0.25, 0.3) is 5.91 Å². The number of ketones is 1. The fourth-order valence-corrected chi connectivity index (χ4v) is 6.46. The van der Waals surface area contributed by atoms with E-state index in [-0.39, 0.29) is 5.91 Å². The van der Waals surface area contributed by atoms with Crippen LogP contribution in [-0.2, 0) is 11.8 Å². The minimum atomic E-state index is -0.213. The number of hydrogen-bond donors (Lipinski definition) is 1. The molecular weight excluding hydrogens is 482 g/mol. The number of carbonyl (C=O) groups excluding carboxylic acids is 2. The lowest BCUT2D eigenvalue weighted by Crippen LogP contribution is -2.16. The number of hydrogen-bond acceptors (Lipinski definition) is 3. The molecule has 0 bridgehead atoms. The van der Waals surface area contributed by atoms with Crippen molar-refractivity contribution in [3.05, 3.63) is 64.8 Å². The maximum atomic E-state index is 13.0. The molecule has 1 saturated carbocycles. The summed E-state index contributed by atoms with van der Waals surface area (Å²) in [5.74, 6) is 1.45. The number of nitrogens with one attached hydrogen (secondary N) is 1. The van der Waals surface area contributed by atoms with Crippen LogP contribution >= 0.6 is 0 Å². The molecule has 0 saturated heterocycles. The molecule has 1 N–H and O–H groups in total. The van der Waals surface area contributed by atoms with E-state index in [9.17, 15) is 14.9 Å².